The van der Waals surface area contributed by atoms with E-state index in [-0.39, 0.29) is 23.7 Å². The van der Waals surface area contributed by atoms with Crippen molar-refractivity contribution in [1.82, 2.24) is 4.57 Å². The monoisotopic (exact) mass is 460 g/mol. The Morgan fingerprint density at radius 1 is 1.10 bits per heavy atom. The minimum absolute atomic E-state index is 0.0135. The molecule has 4 rings (SSSR count). The Kier molecular flexibility index (Phi) is 5.99. The molecule has 1 aliphatic rings. The second-order valence-electron chi connectivity index (χ2n) is 6.62. The van der Waals surface area contributed by atoms with E-state index in [4.69, 9.17) is 16.3 Å². The van der Waals surface area contributed by atoms with Gasteiger partial charge in [-0.05, 0) is 37.3 Å². The van der Waals surface area contributed by atoms with Crippen LogP contribution < -0.4 is 9.77 Å². The molecule has 0 N–H and O–H groups in total. The van der Waals surface area contributed by atoms with E-state index < -0.39 is 12.6 Å². The number of para-hydroxylation sites is 1. The average molecular weight is 461 g/mol. The summed E-state index contributed by atoms with van der Waals surface area (Å²) in [5.41, 5.74) is 2.18. The third-order valence-corrected chi connectivity index (χ3v) is 6.86. The van der Waals surface area contributed by atoms with Crippen molar-refractivity contribution >= 4 is 58.0 Å². The molecule has 9 heteroatoms. The zero-order chi connectivity index (χ0) is 21.3. The van der Waals surface area contributed by atoms with Gasteiger partial charge in [0.05, 0.1) is 17.8 Å². The largest absolute Gasteiger partial charge is 0.455 e. The van der Waals surface area contributed by atoms with Crippen LogP contribution in [0.4, 0.5) is 11.4 Å². The van der Waals surface area contributed by atoms with Crippen LogP contribution in [-0.2, 0) is 20.9 Å². The van der Waals surface area contributed by atoms with Gasteiger partial charge in [-0.3, -0.25) is 19.3 Å². The fourth-order valence-electron chi connectivity index (χ4n) is 3.15. The lowest BCUT2D eigenvalue weighted by atomic mass is 10.2. The molecule has 154 valence electrons. The number of nitrogens with zero attached hydrogens (tertiary/aromatic N) is 2. The molecule has 1 amide bonds. The maximum Gasteiger partial charge on any atom is 0.308 e. The Morgan fingerprint density at radius 3 is 2.63 bits per heavy atom. The van der Waals surface area contributed by atoms with Gasteiger partial charge in [-0.15, -0.1) is 0 Å². The van der Waals surface area contributed by atoms with Crippen LogP contribution in [0.2, 0.25) is 5.02 Å². The third kappa shape index (κ3) is 4.16. The molecule has 0 aliphatic carbocycles. The topological polar surface area (TPSA) is 68.6 Å². The molecule has 0 unspecified atom stereocenters. The highest BCUT2D eigenvalue weighted by Gasteiger charge is 2.29. The molecule has 30 heavy (non-hydrogen) atoms. The van der Waals surface area contributed by atoms with E-state index in [1.165, 1.54) is 9.47 Å². The highest BCUT2D eigenvalue weighted by molar-refractivity contribution is 7.99. The average Bonchev–Trinajstić information content (AvgIpc) is 3.06. The number of hydrogen-bond donors (Lipinski definition) is 0. The molecule has 3 aromatic rings. The molecule has 1 aliphatic heterocycles. The van der Waals surface area contributed by atoms with Crippen molar-refractivity contribution in [3.8, 4) is 0 Å². The van der Waals surface area contributed by atoms with Gasteiger partial charge in [-0.2, -0.15) is 0 Å². The number of hydrogen-bond acceptors (Lipinski definition) is 6. The Hall–Kier alpha value is -2.55. The summed E-state index contributed by atoms with van der Waals surface area (Å²) in [6.45, 7) is 1.63. The Balaban J connectivity index is 1.47. The lowest BCUT2D eigenvalue weighted by molar-refractivity contribution is -0.147. The summed E-state index contributed by atoms with van der Waals surface area (Å²) in [6.07, 6.45) is 0.0135. The number of esters is 1. The SMILES string of the molecule is Cc1csc(=O)n1CCC(=O)OCC(=O)N1c2ccccc2Sc2ccc(Cl)cc21. The maximum atomic E-state index is 13.0. The summed E-state index contributed by atoms with van der Waals surface area (Å²) in [4.78, 5) is 40.2. The van der Waals surface area contributed by atoms with Crippen molar-refractivity contribution in [3.05, 3.63) is 68.2 Å². The van der Waals surface area contributed by atoms with E-state index in [0.717, 1.165) is 32.5 Å². The molecule has 0 bridgehead atoms. The normalized spacial score (nSPS) is 12.3. The summed E-state index contributed by atoms with van der Waals surface area (Å²) >= 11 is 8.80. The molecule has 0 radical (unpaired) electrons. The van der Waals surface area contributed by atoms with E-state index in [1.54, 1.807) is 36.2 Å². The van der Waals surface area contributed by atoms with E-state index in [9.17, 15) is 14.4 Å². The van der Waals surface area contributed by atoms with Crippen molar-refractivity contribution in [3.63, 3.8) is 0 Å². The van der Waals surface area contributed by atoms with Crippen LogP contribution in [0.3, 0.4) is 0 Å². The van der Waals surface area contributed by atoms with Gasteiger partial charge in [0.2, 0.25) is 0 Å². The first-order valence-electron chi connectivity index (χ1n) is 9.14. The smallest absolute Gasteiger partial charge is 0.308 e. The second kappa shape index (κ2) is 8.67. The zero-order valence-electron chi connectivity index (χ0n) is 16.0. The fourth-order valence-corrected chi connectivity index (χ4v) is 5.12. The number of carbonyl (C=O) groups excluding carboxylic acids is 2. The van der Waals surface area contributed by atoms with Gasteiger partial charge in [0.1, 0.15) is 0 Å². The number of thiazole rings is 1. The number of rotatable bonds is 5. The Labute approximate surface area is 186 Å². The number of fused-ring (bicyclic) bond motifs is 2. The molecule has 6 nitrogen and oxygen atoms in total. The van der Waals surface area contributed by atoms with Gasteiger partial charge in [0.15, 0.2) is 6.61 Å². The lowest BCUT2D eigenvalue weighted by Gasteiger charge is -2.31. The first-order chi connectivity index (χ1) is 14.4. The van der Waals surface area contributed by atoms with Gasteiger partial charge in [-0.1, -0.05) is 46.8 Å². The maximum absolute atomic E-state index is 13.0. The van der Waals surface area contributed by atoms with Crippen LogP contribution in [-0.4, -0.2) is 23.1 Å². The molecule has 1 aromatic heterocycles. The van der Waals surface area contributed by atoms with Crippen LogP contribution in [0, 0.1) is 6.92 Å². The van der Waals surface area contributed by atoms with E-state index >= 15 is 0 Å². The van der Waals surface area contributed by atoms with Crippen molar-refractivity contribution < 1.29 is 14.3 Å². The number of amides is 1. The zero-order valence-corrected chi connectivity index (χ0v) is 18.4. The number of halogens is 1. The number of anilines is 2. The first kappa shape index (κ1) is 20.7. The number of ether oxygens (including phenoxy) is 1. The number of benzene rings is 2. The van der Waals surface area contributed by atoms with Crippen LogP contribution in [0.5, 0.6) is 0 Å². The quantitative estimate of drug-likeness (QED) is 0.519. The van der Waals surface area contributed by atoms with Gasteiger partial charge in [0.25, 0.3) is 5.91 Å². The molecule has 0 fully saturated rings. The number of aromatic nitrogens is 1. The molecular weight excluding hydrogens is 444 g/mol. The summed E-state index contributed by atoms with van der Waals surface area (Å²) < 4.78 is 6.73. The Bertz CT molecular complexity index is 1190. The van der Waals surface area contributed by atoms with Gasteiger partial charge in [-0.25, -0.2) is 0 Å². The van der Waals surface area contributed by atoms with E-state index in [2.05, 4.69) is 0 Å². The first-order valence-corrected chi connectivity index (χ1v) is 11.2. The lowest BCUT2D eigenvalue weighted by Crippen LogP contribution is -2.32. The van der Waals surface area contributed by atoms with Crippen molar-refractivity contribution in [2.24, 2.45) is 0 Å². The molecule has 0 atom stereocenters. The second-order valence-corrected chi connectivity index (χ2v) is 8.96. The van der Waals surface area contributed by atoms with Gasteiger partial charge < -0.3 is 9.30 Å². The molecule has 2 aromatic carbocycles. The molecule has 0 spiro atoms. The van der Waals surface area contributed by atoms with Crippen LogP contribution in [0.15, 0.2) is 62.4 Å². The summed E-state index contributed by atoms with van der Waals surface area (Å²) in [5.74, 6) is -0.907. The van der Waals surface area contributed by atoms with Crippen LogP contribution in [0.25, 0.3) is 0 Å². The van der Waals surface area contributed by atoms with Gasteiger partial charge in [0, 0.05) is 32.4 Å². The highest BCUT2D eigenvalue weighted by atomic mass is 35.5. The van der Waals surface area contributed by atoms with Crippen LogP contribution in [0.1, 0.15) is 12.1 Å². The van der Waals surface area contributed by atoms with Crippen molar-refractivity contribution in [2.75, 3.05) is 11.5 Å². The standard InChI is InChI=1S/C21H17ClN2O4S2/c1-13-12-29-21(27)23(13)9-8-20(26)28-11-19(25)24-15-4-2-3-5-17(15)30-18-7-6-14(22)10-16(18)24/h2-7,10,12H,8-9,11H2,1H3. The van der Waals surface area contributed by atoms with E-state index in [0.29, 0.717) is 10.7 Å². The molecule has 2 heterocycles. The minimum atomic E-state index is -0.535. The number of aryl methyl sites for hydroxylation is 1. The van der Waals surface area contributed by atoms with E-state index in [1.807, 2.05) is 30.3 Å². The summed E-state index contributed by atoms with van der Waals surface area (Å²) in [6, 6.07) is 12.9. The minimum Gasteiger partial charge on any atom is -0.455 e. The van der Waals surface area contributed by atoms with Crippen molar-refractivity contribution in [1.29, 1.82) is 0 Å². The molecular formula is C21H17ClN2O4S2. The third-order valence-electron chi connectivity index (χ3n) is 4.61. The Morgan fingerprint density at radius 2 is 1.87 bits per heavy atom. The molecule has 0 saturated heterocycles. The summed E-state index contributed by atoms with van der Waals surface area (Å²) in [5, 5.41) is 2.26. The van der Waals surface area contributed by atoms with Crippen LogP contribution >= 0.6 is 34.7 Å². The predicted molar refractivity (Wildman–Crippen MR) is 118 cm³/mol. The number of carbonyl (C=O) groups is 2. The highest BCUT2D eigenvalue weighted by Crippen LogP contribution is 2.48. The fraction of sp³-hybridized carbons (Fsp3) is 0.190. The van der Waals surface area contributed by atoms with Crippen molar-refractivity contribution in [2.45, 2.75) is 29.7 Å². The van der Waals surface area contributed by atoms with Gasteiger partial charge >= 0.3 is 10.8 Å². The molecule has 0 saturated carbocycles. The predicted octanol–water partition coefficient (Wildman–Crippen LogP) is 4.63. The summed E-state index contributed by atoms with van der Waals surface area (Å²) in [7, 11) is 0.